The summed E-state index contributed by atoms with van der Waals surface area (Å²) in [6.07, 6.45) is 1.29. The van der Waals surface area contributed by atoms with Crippen molar-refractivity contribution in [1.82, 2.24) is 5.32 Å². The van der Waals surface area contributed by atoms with Crippen molar-refractivity contribution in [3.8, 4) is 0 Å². The third-order valence-corrected chi connectivity index (χ3v) is 2.29. The highest BCUT2D eigenvalue weighted by atomic mass is 16.2. The molecular formula is C11H23N4O2+. The number of Topliss-reactive ketones (excluding diaryl/α,β-unsaturated/α-hetero) is 1. The van der Waals surface area contributed by atoms with Crippen molar-refractivity contribution in [2.24, 2.45) is 17.4 Å². The Kier molecular flexibility index (Phi) is 6.93. The van der Waals surface area contributed by atoms with Gasteiger partial charge < -0.3 is 5.32 Å². The summed E-state index contributed by atoms with van der Waals surface area (Å²) in [6.45, 7) is 5.64. The first kappa shape index (κ1) is 15.4. The molecule has 0 fully saturated rings. The largest absolute Gasteiger partial charge is 0.347 e. The molecule has 0 heterocycles. The molecular weight excluding hydrogens is 220 g/mol. The van der Waals surface area contributed by atoms with Gasteiger partial charge >= 0.3 is 5.96 Å². The van der Waals surface area contributed by atoms with Crippen LogP contribution in [-0.2, 0) is 9.59 Å². The predicted octanol–water partition coefficient (Wildman–Crippen LogP) is -2.15. The normalized spacial score (nSPS) is 12.0. The second kappa shape index (κ2) is 7.65. The maximum absolute atomic E-state index is 11.8. The lowest BCUT2D eigenvalue weighted by Crippen LogP contribution is -2.78. The van der Waals surface area contributed by atoms with Crippen LogP contribution < -0.4 is 21.8 Å². The molecule has 0 saturated carbocycles. The average molecular weight is 243 g/mol. The maximum Gasteiger partial charge on any atom is 0.338 e. The van der Waals surface area contributed by atoms with Crippen molar-refractivity contribution in [3.63, 3.8) is 0 Å². The van der Waals surface area contributed by atoms with E-state index in [4.69, 9.17) is 11.5 Å². The smallest absolute Gasteiger partial charge is 0.338 e. The zero-order chi connectivity index (χ0) is 13.4. The molecule has 1 amide bonds. The standard InChI is InChI=1S/C11H22N4O2/c1-7(2)10(17)9(15-8(3)16)5-4-6-14-11(12)13/h7,9H,4-6H2,1-3H3,(H,15,16)(H4,12,13,14)/p+1/t9-/m0/s1. The van der Waals surface area contributed by atoms with Gasteiger partial charge in [0.15, 0.2) is 5.78 Å². The predicted molar refractivity (Wildman–Crippen MR) is 65.9 cm³/mol. The monoisotopic (exact) mass is 243 g/mol. The Hall–Kier alpha value is -1.59. The molecule has 6 heteroatoms. The molecule has 0 aromatic heterocycles. The molecule has 0 saturated heterocycles. The van der Waals surface area contributed by atoms with E-state index < -0.39 is 6.04 Å². The van der Waals surface area contributed by atoms with E-state index in [0.717, 1.165) is 0 Å². The minimum atomic E-state index is -0.423. The maximum atomic E-state index is 11.8. The quantitative estimate of drug-likeness (QED) is 0.232. The molecule has 0 spiro atoms. The van der Waals surface area contributed by atoms with E-state index in [1.165, 1.54) is 6.92 Å². The van der Waals surface area contributed by atoms with Crippen molar-refractivity contribution in [2.45, 2.75) is 39.7 Å². The minimum absolute atomic E-state index is 0.0462. The lowest BCUT2D eigenvalue weighted by atomic mass is 9.98. The third kappa shape index (κ3) is 7.32. The molecule has 0 radical (unpaired) electrons. The van der Waals surface area contributed by atoms with Gasteiger partial charge in [-0.05, 0) is 12.8 Å². The zero-order valence-corrected chi connectivity index (χ0v) is 10.7. The summed E-state index contributed by atoms with van der Waals surface area (Å²) in [5, 5.41) is 2.66. The number of rotatable bonds is 7. The van der Waals surface area contributed by atoms with Crippen LogP contribution in [-0.4, -0.2) is 30.2 Å². The fourth-order valence-corrected chi connectivity index (χ4v) is 1.47. The molecule has 0 aliphatic carbocycles. The molecule has 0 unspecified atom stereocenters. The molecule has 6 N–H and O–H groups in total. The number of nitrogens with one attached hydrogen (secondary N) is 2. The summed E-state index contributed by atoms with van der Waals surface area (Å²) >= 11 is 0. The lowest BCUT2D eigenvalue weighted by molar-refractivity contribution is -0.459. The summed E-state index contributed by atoms with van der Waals surface area (Å²) in [5.41, 5.74) is 10.5. The second-order valence-corrected chi connectivity index (χ2v) is 4.33. The van der Waals surface area contributed by atoms with Crippen LogP contribution in [0.2, 0.25) is 0 Å². The van der Waals surface area contributed by atoms with Crippen LogP contribution in [0.3, 0.4) is 0 Å². The number of guanidine groups is 1. The first-order chi connectivity index (χ1) is 7.84. The molecule has 0 bridgehead atoms. The van der Waals surface area contributed by atoms with Crippen molar-refractivity contribution < 1.29 is 14.6 Å². The topological polar surface area (TPSA) is 112 Å². The van der Waals surface area contributed by atoms with Crippen LogP contribution in [0.4, 0.5) is 0 Å². The molecule has 98 valence electrons. The van der Waals surface area contributed by atoms with Gasteiger partial charge in [0.1, 0.15) is 0 Å². The Labute approximate surface area is 102 Å². The Morgan fingerprint density at radius 2 is 1.88 bits per heavy atom. The minimum Gasteiger partial charge on any atom is -0.347 e. The number of carbonyl (C=O) groups excluding carboxylic acids is 2. The van der Waals surface area contributed by atoms with Crippen LogP contribution in [0, 0.1) is 5.92 Å². The Morgan fingerprint density at radius 3 is 2.29 bits per heavy atom. The van der Waals surface area contributed by atoms with Gasteiger partial charge in [0.05, 0.1) is 12.6 Å². The summed E-state index contributed by atoms with van der Waals surface area (Å²) in [7, 11) is 0. The van der Waals surface area contributed by atoms with Crippen LogP contribution in [0.1, 0.15) is 33.6 Å². The number of hydrogen-bond acceptors (Lipinski definition) is 2. The van der Waals surface area contributed by atoms with Gasteiger partial charge in [0, 0.05) is 12.8 Å². The van der Waals surface area contributed by atoms with Gasteiger partial charge in [0.2, 0.25) is 5.91 Å². The fourth-order valence-electron chi connectivity index (χ4n) is 1.47. The molecule has 1 atom stereocenters. The number of amides is 1. The molecule has 0 aliphatic heterocycles. The molecule has 0 aliphatic rings. The lowest BCUT2D eigenvalue weighted by Gasteiger charge is -2.18. The highest BCUT2D eigenvalue weighted by Gasteiger charge is 2.21. The fraction of sp³-hybridized carbons (Fsp3) is 0.727. The van der Waals surface area contributed by atoms with Crippen molar-refractivity contribution in [2.75, 3.05) is 6.54 Å². The van der Waals surface area contributed by atoms with E-state index in [2.05, 4.69) is 10.3 Å². The zero-order valence-electron chi connectivity index (χ0n) is 10.7. The van der Waals surface area contributed by atoms with Crippen LogP contribution in [0.5, 0.6) is 0 Å². The highest BCUT2D eigenvalue weighted by Crippen LogP contribution is 2.05. The third-order valence-electron chi connectivity index (χ3n) is 2.29. The van der Waals surface area contributed by atoms with Crippen molar-refractivity contribution >= 4 is 17.6 Å². The molecule has 0 rings (SSSR count). The van der Waals surface area contributed by atoms with Gasteiger partial charge in [-0.25, -0.2) is 0 Å². The molecule has 6 nitrogen and oxygen atoms in total. The van der Waals surface area contributed by atoms with Gasteiger partial charge in [0.25, 0.3) is 0 Å². The first-order valence-corrected chi connectivity index (χ1v) is 5.77. The first-order valence-electron chi connectivity index (χ1n) is 5.77. The van der Waals surface area contributed by atoms with E-state index in [1.807, 2.05) is 13.8 Å². The van der Waals surface area contributed by atoms with Gasteiger partial charge in [-0.3, -0.25) is 26.0 Å². The van der Waals surface area contributed by atoms with Gasteiger partial charge in [-0.15, -0.1) is 0 Å². The van der Waals surface area contributed by atoms with Crippen molar-refractivity contribution in [1.29, 1.82) is 0 Å². The van der Waals surface area contributed by atoms with E-state index in [0.29, 0.717) is 19.4 Å². The second-order valence-electron chi connectivity index (χ2n) is 4.33. The van der Waals surface area contributed by atoms with E-state index in [9.17, 15) is 9.59 Å². The van der Waals surface area contributed by atoms with E-state index in [1.54, 1.807) is 0 Å². The van der Waals surface area contributed by atoms with Crippen LogP contribution >= 0.6 is 0 Å². The highest BCUT2D eigenvalue weighted by molar-refractivity contribution is 5.89. The molecule has 0 aromatic rings. The van der Waals surface area contributed by atoms with E-state index >= 15 is 0 Å². The Morgan fingerprint density at radius 1 is 1.29 bits per heavy atom. The average Bonchev–Trinajstić information content (AvgIpc) is 2.20. The number of nitrogens with two attached hydrogens (primary N) is 2. The Balaban J connectivity index is 4.25. The van der Waals surface area contributed by atoms with E-state index in [-0.39, 0.29) is 23.6 Å². The summed E-state index contributed by atoms with van der Waals surface area (Å²) in [6, 6.07) is -0.423. The van der Waals surface area contributed by atoms with Crippen molar-refractivity contribution in [3.05, 3.63) is 0 Å². The number of hydrogen-bond donors (Lipinski definition) is 4. The molecule has 0 aromatic carbocycles. The SMILES string of the molecule is CC(=O)N[C@@H](CCC[NH+]=C(N)N)C(=O)C(C)C. The summed E-state index contributed by atoms with van der Waals surface area (Å²) in [4.78, 5) is 25.6. The number of carbonyl (C=O) groups is 2. The van der Waals surface area contributed by atoms with Crippen LogP contribution in [0.25, 0.3) is 0 Å². The molecule has 17 heavy (non-hydrogen) atoms. The Bertz CT molecular complexity index is 296. The number of ketones is 1. The summed E-state index contributed by atoms with van der Waals surface area (Å²) in [5.74, 6) is -0.0750. The van der Waals surface area contributed by atoms with Gasteiger partial charge in [-0.1, -0.05) is 13.8 Å². The van der Waals surface area contributed by atoms with Crippen LogP contribution in [0.15, 0.2) is 0 Å². The summed E-state index contributed by atoms with van der Waals surface area (Å²) < 4.78 is 0. The van der Waals surface area contributed by atoms with Gasteiger partial charge in [-0.2, -0.15) is 0 Å².